The van der Waals surface area contributed by atoms with Gasteiger partial charge in [-0.1, -0.05) is 0 Å². The fourth-order valence-electron chi connectivity index (χ4n) is 2.23. The molecule has 1 aliphatic heterocycles. The third-order valence-corrected chi connectivity index (χ3v) is 3.03. The van der Waals surface area contributed by atoms with E-state index in [1.54, 1.807) is 0 Å². The normalized spacial score (nSPS) is 27.5. The first kappa shape index (κ1) is 11.0. The Morgan fingerprint density at radius 2 is 2.38 bits per heavy atom. The molecule has 13 heavy (non-hydrogen) atoms. The number of nitrogens with zero attached hydrogens (tertiary/aromatic N) is 1. The van der Waals surface area contributed by atoms with Crippen LogP contribution >= 0.6 is 0 Å². The zero-order valence-corrected chi connectivity index (χ0v) is 8.79. The van der Waals surface area contributed by atoms with Crippen molar-refractivity contribution in [2.75, 3.05) is 40.3 Å². The number of aliphatic hydroxyl groups excluding tert-OH is 1. The lowest BCUT2D eigenvalue weighted by Gasteiger charge is -2.34. The molecule has 0 amide bonds. The maximum atomic E-state index is 9.24. The predicted molar refractivity (Wildman–Crippen MR) is 54.7 cm³/mol. The minimum absolute atomic E-state index is 0.319. The Morgan fingerprint density at radius 3 is 2.92 bits per heavy atom. The lowest BCUT2D eigenvalue weighted by Crippen LogP contribution is -2.40. The highest BCUT2D eigenvalue weighted by atomic mass is 16.3. The van der Waals surface area contributed by atoms with Gasteiger partial charge in [0.05, 0.1) is 0 Å². The molecule has 0 saturated carbocycles. The third kappa shape index (κ3) is 3.25. The van der Waals surface area contributed by atoms with Crippen molar-refractivity contribution >= 4 is 0 Å². The van der Waals surface area contributed by atoms with Gasteiger partial charge >= 0.3 is 0 Å². The van der Waals surface area contributed by atoms with E-state index in [4.69, 9.17) is 0 Å². The SMILES string of the molecule is CNCC(CO)C1CCCN(C)C1. The number of nitrogens with one attached hydrogen (secondary N) is 1. The van der Waals surface area contributed by atoms with Crippen LogP contribution in [0.1, 0.15) is 12.8 Å². The van der Waals surface area contributed by atoms with Crippen molar-refractivity contribution in [3.63, 3.8) is 0 Å². The van der Waals surface area contributed by atoms with Gasteiger partial charge < -0.3 is 15.3 Å². The van der Waals surface area contributed by atoms with Gasteiger partial charge in [0.1, 0.15) is 0 Å². The van der Waals surface area contributed by atoms with Crippen molar-refractivity contribution in [1.29, 1.82) is 0 Å². The van der Waals surface area contributed by atoms with Crippen LogP contribution in [0.2, 0.25) is 0 Å². The summed E-state index contributed by atoms with van der Waals surface area (Å²) in [6, 6.07) is 0. The molecular formula is C10H22N2O. The lowest BCUT2D eigenvalue weighted by molar-refractivity contribution is 0.110. The van der Waals surface area contributed by atoms with E-state index in [0.717, 1.165) is 13.1 Å². The summed E-state index contributed by atoms with van der Waals surface area (Å²) in [4.78, 5) is 2.37. The molecular weight excluding hydrogens is 164 g/mol. The van der Waals surface area contributed by atoms with Gasteiger partial charge in [0.15, 0.2) is 0 Å². The predicted octanol–water partition coefficient (Wildman–Crippen LogP) is 0.156. The van der Waals surface area contributed by atoms with Crippen LogP contribution in [0.4, 0.5) is 0 Å². The molecule has 1 saturated heterocycles. The second-order valence-electron chi connectivity index (χ2n) is 4.16. The fraction of sp³-hybridized carbons (Fsp3) is 1.00. The molecule has 1 heterocycles. The van der Waals surface area contributed by atoms with Gasteiger partial charge in [-0.25, -0.2) is 0 Å². The Hall–Kier alpha value is -0.120. The average molecular weight is 186 g/mol. The largest absolute Gasteiger partial charge is 0.396 e. The minimum Gasteiger partial charge on any atom is -0.396 e. The van der Waals surface area contributed by atoms with E-state index in [2.05, 4.69) is 17.3 Å². The van der Waals surface area contributed by atoms with E-state index in [9.17, 15) is 5.11 Å². The lowest BCUT2D eigenvalue weighted by atomic mass is 9.86. The fourth-order valence-corrected chi connectivity index (χ4v) is 2.23. The monoisotopic (exact) mass is 186 g/mol. The molecule has 3 nitrogen and oxygen atoms in total. The van der Waals surface area contributed by atoms with Crippen molar-refractivity contribution in [3.8, 4) is 0 Å². The van der Waals surface area contributed by atoms with Crippen molar-refractivity contribution < 1.29 is 5.11 Å². The maximum Gasteiger partial charge on any atom is 0.0474 e. The highest BCUT2D eigenvalue weighted by molar-refractivity contribution is 4.77. The number of hydrogen-bond acceptors (Lipinski definition) is 3. The van der Waals surface area contributed by atoms with Crippen LogP contribution in [0, 0.1) is 11.8 Å². The van der Waals surface area contributed by atoms with E-state index in [-0.39, 0.29) is 0 Å². The summed E-state index contributed by atoms with van der Waals surface area (Å²) < 4.78 is 0. The van der Waals surface area contributed by atoms with Crippen LogP contribution in [0.15, 0.2) is 0 Å². The van der Waals surface area contributed by atoms with Crippen LogP contribution in [0.3, 0.4) is 0 Å². The van der Waals surface area contributed by atoms with Crippen LogP contribution in [-0.2, 0) is 0 Å². The number of likely N-dealkylation sites (tertiary alicyclic amines) is 1. The molecule has 0 radical (unpaired) electrons. The van der Waals surface area contributed by atoms with Crippen molar-refractivity contribution in [3.05, 3.63) is 0 Å². The molecule has 1 rings (SSSR count). The average Bonchev–Trinajstić information content (AvgIpc) is 2.14. The van der Waals surface area contributed by atoms with Gasteiger partial charge in [0.2, 0.25) is 0 Å². The van der Waals surface area contributed by atoms with Crippen LogP contribution < -0.4 is 5.32 Å². The van der Waals surface area contributed by atoms with E-state index in [1.807, 2.05) is 7.05 Å². The molecule has 0 aliphatic carbocycles. The highest BCUT2D eigenvalue weighted by Gasteiger charge is 2.24. The molecule has 0 aromatic carbocycles. The van der Waals surface area contributed by atoms with Crippen molar-refractivity contribution in [2.24, 2.45) is 11.8 Å². The molecule has 0 aromatic rings. The van der Waals surface area contributed by atoms with Crippen LogP contribution in [0.5, 0.6) is 0 Å². The molecule has 0 aromatic heterocycles. The molecule has 0 bridgehead atoms. The Balaban J connectivity index is 2.37. The molecule has 2 unspecified atom stereocenters. The second kappa shape index (κ2) is 5.58. The maximum absolute atomic E-state index is 9.24. The standard InChI is InChI=1S/C10H22N2O/c1-11-6-10(8-13)9-4-3-5-12(2)7-9/h9-11,13H,3-8H2,1-2H3. The number of hydrogen-bond donors (Lipinski definition) is 2. The Labute approximate surface area is 81.1 Å². The summed E-state index contributed by atoms with van der Waals surface area (Å²) >= 11 is 0. The molecule has 0 spiro atoms. The topological polar surface area (TPSA) is 35.5 Å². The van der Waals surface area contributed by atoms with E-state index >= 15 is 0 Å². The van der Waals surface area contributed by atoms with Gasteiger partial charge in [-0.05, 0) is 45.3 Å². The van der Waals surface area contributed by atoms with Crippen LogP contribution in [-0.4, -0.2) is 50.3 Å². The van der Waals surface area contributed by atoms with E-state index in [1.165, 1.54) is 19.4 Å². The first-order chi connectivity index (χ1) is 6.27. The van der Waals surface area contributed by atoms with E-state index in [0.29, 0.717) is 18.4 Å². The minimum atomic E-state index is 0.319. The molecule has 2 atom stereocenters. The van der Waals surface area contributed by atoms with Crippen LogP contribution in [0.25, 0.3) is 0 Å². The highest BCUT2D eigenvalue weighted by Crippen LogP contribution is 2.22. The third-order valence-electron chi connectivity index (χ3n) is 3.03. The molecule has 1 fully saturated rings. The van der Waals surface area contributed by atoms with Gasteiger partial charge in [-0.3, -0.25) is 0 Å². The molecule has 78 valence electrons. The smallest absolute Gasteiger partial charge is 0.0474 e. The van der Waals surface area contributed by atoms with Gasteiger partial charge in [-0.2, -0.15) is 0 Å². The summed E-state index contributed by atoms with van der Waals surface area (Å²) in [5.41, 5.74) is 0. The molecule has 1 aliphatic rings. The first-order valence-corrected chi connectivity index (χ1v) is 5.22. The van der Waals surface area contributed by atoms with Gasteiger partial charge in [0.25, 0.3) is 0 Å². The number of piperidine rings is 1. The summed E-state index contributed by atoms with van der Waals surface area (Å²) in [5.74, 6) is 1.11. The molecule has 2 N–H and O–H groups in total. The number of aliphatic hydroxyl groups is 1. The second-order valence-corrected chi connectivity index (χ2v) is 4.16. The summed E-state index contributed by atoms with van der Waals surface area (Å²) in [6.45, 7) is 3.62. The Bertz CT molecular complexity index is 141. The van der Waals surface area contributed by atoms with Crippen molar-refractivity contribution in [1.82, 2.24) is 10.2 Å². The van der Waals surface area contributed by atoms with Gasteiger partial charge in [0, 0.05) is 19.7 Å². The van der Waals surface area contributed by atoms with Gasteiger partial charge in [-0.15, -0.1) is 0 Å². The molecule has 3 heteroatoms. The summed E-state index contributed by atoms with van der Waals surface area (Å²) in [5, 5.41) is 12.4. The summed E-state index contributed by atoms with van der Waals surface area (Å²) in [7, 11) is 4.12. The zero-order chi connectivity index (χ0) is 9.68. The summed E-state index contributed by atoms with van der Waals surface area (Å²) in [6.07, 6.45) is 2.55. The quantitative estimate of drug-likeness (QED) is 0.656. The zero-order valence-electron chi connectivity index (χ0n) is 8.79. The van der Waals surface area contributed by atoms with Crippen molar-refractivity contribution in [2.45, 2.75) is 12.8 Å². The Morgan fingerprint density at radius 1 is 1.62 bits per heavy atom. The van der Waals surface area contributed by atoms with E-state index < -0.39 is 0 Å². The number of rotatable bonds is 4. The first-order valence-electron chi connectivity index (χ1n) is 5.22. The Kier molecular flexibility index (Phi) is 4.70.